The maximum Gasteiger partial charge on any atom is 0.274 e. The molecule has 1 aromatic heterocycles. The molecule has 1 saturated carbocycles. The quantitative estimate of drug-likeness (QED) is 0.907. The summed E-state index contributed by atoms with van der Waals surface area (Å²) < 4.78 is 0. The largest absolute Gasteiger partial charge is 0.348 e. The van der Waals surface area contributed by atoms with Crippen molar-refractivity contribution in [2.24, 2.45) is 0 Å². The molecule has 5 nitrogen and oxygen atoms in total. The van der Waals surface area contributed by atoms with Gasteiger partial charge in [-0.25, -0.2) is 4.98 Å². The number of rotatable bonds is 4. The molecule has 124 valence electrons. The van der Waals surface area contributed by atoms with E-state index < -0.39 is 0 Å². The molecule has 1 aliphatic rings. The van der Waals surface area contributed by atoms with E-state index in [2.05, 4.69) is 15.6 Å². The lowest BCUT2D eigenvalue weighted by molar-refractivity contribution is 0.0932. The van der Waals surface area contributed by atoms with Crippen LogP contribution in [0.1, 0.15) is 52.2 Å². The van der Waals surface area contributed by atoms with Gasteiger partial charge in [-0.1, -0.05) is 36.6 Å². The number of aromatic nitrogens is 1. The molecule has 2 amide bonds. The molecule has 0 unspecified atom stereocenters. The summed E-state index contributed by atoms with van der Waals surface area (Å²) in [7, 11) is 0. The van der Waals surface area contributed by atoms with Crippen molar-refractivity contribution >= 4 is 17.5 Å². The second-order valence-electron chi connectivity index (χ2n) is 6.18. The fourth-order valence-corrected chi connectivity index (χ4v) is 2.85. The highest BCUT2D eigenvalue weighted by Crippen LogP contribution is 2.18. The van der Waals surface area contributed by atoms with Crippen LogP contribution in [0.2, 0.25) is 0 Å². The molecular weight excluding hydrogens is 302 g/mol. The van der Waals surface area contributed by atoms with E-state index >= 15 is 0 Å². The molecule has 0 radical (unpaired) electrons. The first-order valence-corrected chi connectivity index (χ1v) is 8.28. The summed E-state index contributed by atoms with van der Waals surface area (Å²) in [5.41, 5.74) is 2.33. The van der Waals surface area contributed by atoms with E-state index in [4.69, 9.17) is 0 Å². The van der Waals surface area contributed by atoms with Gasteiger partial charge in [-0.05, 0) is 44.0 Å². The highest BCUT2D eigenvalue weighted by Gasteiger charge is 2.19. The second kappa shape index (κ2) is 7.25. The first-order valence-electron chi connectivity index (χ1n) is 8.28. The van der Waals surface area contributed by atoms with Crippen molar-refractivity contribution in [2.45, 2.75) is 38.6 Å². The van der Waals surface area contributed by atoms with Crippen LogP contribution in [-0.2, 0) is 0 Å². The van der Waals surface area contributed by atoms with E-state index in [-0.39, 0.29) is 29.2 Å². The molecule has 1 fully saturated rings. The summed E-state index contributed by atoms with van der Waals surface area (Å²) in [6.45, 7) is 1.99. The molecule has 0 atom stereocenters. The molecule has 0 saturated heterocycles. The minimum Gasteiger partial charge on any atom is -0.348 e. The second-order valence-corrected chi connectivity index (χ2v) is 6.18. The van der Waals surface area contributed by atoms with Gasteiger partial charge >= 0.3 is 0 Å². The van der Waals surface area contributed by atoms with Crippen molar-refractivity contribution < 1.29 is 9.59 Å². The summed E-state index contributed by atoms with van der Waals surface area (Å²) in [5, 5.41) is 5.78. The van der Waals surface area contributed by atoms with Gasteiger partial charge in [0.2, 0.25) is 0 Å². The Balaban J connectivity index is 1.68. The zero-order valence-electron chi connectivity index (χ0n) is 13.7. The molecule has 1 aromatic carbocycles. The van der Waals surface area contributed by atoms with Crippen LogP contribution < -0.4 is 10.6 Å². The van der Waals surface area contributed by atoms with Crippen LogP contribution in [0.3, 0.4) is 0 Å². The van der Waals surface area contributed by atoms with Crippen LogP contribution in [0.25, 0.3) is 0 Å². The van der Waals surface area contributed by atoms with Gasteiger partial charge in [0.05, 0.1) is 0 Å². The van der Waals surface area contributed by atoms with E-state index in [1.54, 1.807) is 18.2 Å². The standard InChI is InChI=1S/C19H21N3O2/c1-13-9-11-15(12-10-13)21-19(24)17-8-4-7-16(22-17)18(23)20-14-5-2-3-6-14/h4,7-12,14H,2-3,5-6H2,1H3,(H,20,23)(H,21,24). The fraction of sp³-hybridized carbons (Fsp3) is 0.316. The van der Waals surface area contributed by atoms with Crippen molar-refractivity contribution in [3.8, 4) is 0 Å². The zero-order chi connectivity index (χ0) is 16.9. The zero-order valence-corrected chi connectivity index (χ0v) is 13.7. The average Bonchev–Trinajstić information content (AvgIpc) is 3.10. The molecule has 5 heteroatoms. The van der Waals surface area contributed by atoms with Gasteiger partial charge in [-0.2, -0.15) is 0 Å². The monoisotopic (exact) mass is 323 g/mol. The van der Waals surface area contributed by atoms with E-state index in [1.165, 1.54) is 0 Å². The third-order valence-corrected chi connectivity index (χ3v) is 4.21. The average molecular weight is 323 g/mol. The number of pyridine rings is 1. The maximum absolute atomic E-state index is 12.3. The van der Waals surface area contributed by atoms with Crippen LogP contribution >= 0.6 is 0 Å². The van der Waals surface area contributed by atoms with Gasteiger partial charge in [-0.15, -0.1) is 0 Å². The number of anilines is 1. The number of carbonyl (C=O) groups is 2. The van der Waals surface area contributed by atoms with Gasteiger partial charge in [0.15, 0.2) is 0 Å². The fourth-order valence-electron chi connectivity index (χ4n) is 2.85. The van der Waals surface area contributed by atoms with Crippen molar-refractivity contribution in [2.75, 3.05) is 5.32 Å². The molecule has 24 heavy (non-hydrogen) atoms. The highest BCUT2D eigenvalue weighted by atomic mass is 16.2. The first kappa shape index (κ1) is 16.2. The van der Waals surface area contributed by atoms with Crippen LogP contribution in [-0.4, -0.2) is 22.8 Å². The van der Waals surface area contributed by atoms with Crippen molar-refractivity contribution in [3.63, 3.8) is 0 Å². The maximum atomic E-state index is 12.3. The molecule has 1 aliphatic carbocycles. The highest BCUT2D eigenvalue weighted by molar-refractivity contribution is 6.03. The predicted molar refractivity (Wildman–Crippen MR) is 93.1 cm³/mol. The number of nitrogens with zero attached hydrogens (tertiary/aromatic N) is 1. The van der Waals surface area contributed by atoms with E-state index in [0.717, 1.165) is 31.2 Å². The van der Waals surface area contributed by atoms with Crippen LogP contribution in [0.4, 0.5) is 5.69 Å². The molecule has 3 rings (SSSR count). The van der Waals surface area contributed by atoms with Crippen LogP contribution in [0, 0.1) is 6.92 Å². The summed E-state index contributed by atoms with van der Waals surface area (Å²) in [6, 6.07) is 12.7. The molecule has 2 N–H and O–H groups in total. The van der Waals surface area contributed by atoms with Gasteiger partial charge in [0.25, 0.3) is 11.8 Å². The Bertz CT molecular complexity index is 735. The van der Waals surface area contributed by atoms with Crippen molar-refractivity contribution in [1.82, 2.24) is 10.3 Å². The number of hydrogen-bond donors (Lipinski definition) is 2. The van der Waals surface area contributed by atoms with Gasteiger partial charge in [0.1, 0.15) is 11.4 Å². The molecular formula is C19H21N3O2. The van der Waals surface area contributed by atoms with Crippen molar-refractivity contribution in [1.29, 1.82) is 0 Å². The van der Waals surface area contributed by atoms with E-state index in [0.29, 0.717) is 5.69 Å². The first-order chi connectivity index (χ1) is 11.6. The normalized spacial score (nSPS) is 14.4. The lowest BCUT2D eigenvalue weighted by atomic mass is 10.2. The van der Waals surface area contributed by atoms with E-state index in [9.17, 15) is 9.59 Å². The third kappa shape index (κ3) is 3.98. The Morgan fingerprint density at radius 3 is 2.25 bits per heavy atom. The molecule has 2 aromatic rings. The lowest BCUT2D eigenvalue weighted by Crippen LogP contribution is -2.33. The summed E-state index contributed by atoms with van der Waals surface area (Å²) in [6.07, 6.45) is 4.33. The predicted octanol–water partition coefficient (Wildman–Crippen LogP) is 3.31. The Morgan fingerprint density at radius 2 is 1.58 bits per heavy atom. The number of hydrogen-bond acceptors (Lipinski definition) is 3. The third-order valence-electron chi connectivity index (χ3n) is 4.21. The smallest absolute Gasteiger partial charge is 0.274 e. The summed E-state index contributed by atoms with van der Waals surface area (Å²) in [5.74, 6) is -0.541. The van der Waals surface area contributed by atoms with Gasteiger partial charge in [0, 0.05) is 11.7 Å². The molecule has 0 spiro atoms. The molecule has 0 bridgehead atoms. The lowest BCUT2D eigenvalue weighted by Gasteiger charge is -2.12. The Hall–Kier alpha value is -2.69. The minimum atomic E-state index is -0.325. The van der Waals surface area contributed by atoms with Gasteiger partial charge in [-0.3, -0.25) is 9.59 Å². The van der Waals surface area contributed by atoms with Crippen molar-refractivity contribution in [3.05, 3.63) is 59.4 Å². The Morgan fingerprint density at radius 1 is 0.958 bits per heavy atom. The number of amides is 2. The van der Waals surface area contributed by atoms with Crippen LogP contribution in [0.5, 0.6) is 0 Å². The number of aryl methyl sites for hydroxylation is 1. The number of benzene rings is 1. The molecule has 1 heterocycles. The Kier molecular flexibility index (Phi) is 4.89. The van der Waals surface area contributed by atoms with Crippen LogP contribution in [0.15, 0.2) is 42.5 Å². The number of carbonyl (C=O) groups excluding carboxylic acids is 2. The summed E-state index contributed by atoms with van der Waals surface area (Å²) in [4.78, 5) is 28.8. The summed E-state index contributed by atoms with van der Waals surface area (Å²) >= 11 is 0. The molecule has 0 aliphatic heterocycles. The van der Waals surface area contributed by atoms with Gasteiger partial charge < -0.3 is 10.6 Å². The Labute approximate surface area is 141 Å². The topological polar surface area (TPSA) is 71.1 Å². The number of nitrogens with one attached hydrogen (secondary N) is 2. The van der Waals surface area contributed by atoms with E-state index in [1.807, 2.05) is 31.2 Å². The minimum absolute atomic E-state index is 0.216. The SMILES string of the molecule is Cc1ccc(NC(=O)c2cccc(C(=O)NC3CCCC3)n2)cc1.